The molecule has 3 atom stereocenters. The van der Waals surface area contributed by atoms with Gasteiger partial charge in [-0.1, -0.05) is 64.4 Å². The minimum Gasteiger partial charge on any atom is -0.410 e. The first-order valence-electron chi connectivity index (χ1n) is 8.54. The predicted molar refractivity (Wildman–Crippen MR) is 95.4 cm³/mol. The topological polar surface area (TPSA) is 29.5 Å². The number of benzene rings is 1. The highest BCUT2D eigenvalue weighted by molar-refractivity contribution is 6.74. The SMILES string of the molecule is CC[C@@H]1C[C@]1(O)C[C@@H](O[Si](C)(C)C(C)(C)C)c1ccccc1. The molecule has 1 aromatic carbocycles. The molecule has 22 heavy (non-hydrogen) atoms. The molecule has 0 amide bonds. The Balaban J connectivity index is 2.20. The molecule has 0 heterocycles. The van der Waals surface area contributed by atoms with Crippen LogP contribution in [0.25, 0.3) is 0 Å². The summed E-state index contributed by atoms with van der Waals surface area (Å²) in [6.45, 7) is 13.5. The summed E-state index contributed by atoms with van der Waals surface area (Å²) >= 11 is 0. The first-order chi connectivity index (χ1) is 10.1. The van der Waals surface area contributed by atoms with Crippen molar-refractivity contribution in [2.75, 3.05) is 0 Å². The monoisotopic (exact) mass is 320 g/mol. The van der Waals surface area contributed by atoms with Gasteiger partial charge in [-0.15, -0.1) is 0 Å². The second-order valence-electron chi connectivity index (χ2n) is 8.39. The van der Waals surface area contributed by atoms with Crippen molar-refractivity contribution in [3.05, 3.63) is 35.9 Å². The fourth-order valence-corrected chi connectivity index (χ4v) is 4.18. The highest BCUT2D eigenvalue weighted by Gasteiger charge is 2.53. The zero-order chi connectivity index (χ0) is 16.6. The van der Waals surface area contributed by atoms with Crippen molar-refractivity contribution in [2.24, 2.45) is 5.92 Å². The van der Waals surface area contributed by atoms with E-state index >= 15 is 0 Å². The Kier molecular flexibility index (Phi) is 4.91. The molecular formula is C19H32O2Si. The van der Waals surface area contributed by atoms with Crippen molar-refractivity contribution in [3.8, 4) is 0 Å². The van der Waals surface area contributed by atoms with Gasteiger partial charge in [-0.2, -0.15) is 0 Å². The number of hydrogen-bond donors (Lipinski definition) is 1. The molecule has 1 aromatic rings. The smallest absolute Gasteiger partial charge is 0.192 e. The highest BCUT2D eigenvalue weighted by atomic mass is 28.4. The van der Waals surface area contributed by atoms with Gasteiger partial charge in [0.15, 0.2) is 8.32 Å². The predicted octanol–water partition coefficient (Wildman–Crippen LogP) is 5.30. The molecule has 3 heteroatoms. The van der Waals surface area contributed by atoms with Crippen LogP contribution in [-0.2, 0) is 4.43 Å². The first kappa shape index (κ1) is 17.7. The fourth-order valence-electron chi connectivity index (χ4n) is 2.89. The van der Waals surface area contributed by atoms with E-state index in [-0.39, 0.29) is 11.1 Å². The van der Waals surface area contributed by atoms with Gasteiger partial charge in [0.05, 0.1) is 11.7 Å². The van der Waals surface area contributed by atoms with E-state index in [0.717, 1.165) is 19.3 Å². The second kappa shape index (κ2) is 6.10. The van der Waals surface area contributed by atoms with E-state index in [4.69, 9.17) is 4.43 Å². The summed E-state index contributed by atoms with van der Waals surface area (Å²) < 4.78 is 6.68. The molecule has 2 nitrogen and oxygen atoms in total. The molecule has 1 fully saturated rings. The van der Waals surface area contributed by atoms with E-state index < -0.39 is 13.9 Å². The van der Waals surface area contributed by atoms with Gasteiger partial charge in [0.2, 0.25) is 0 Å². The molecule has 0 spiro atoms. The van der Waals surface area contributed by atoms with Gasteiger partial charge in [0, 0.05) is 6.42 Å². The molecule has 1 saturated carbocycles. The Bertz CT molecular complexity index is 492. The molecule has 124 valence electrons. The summed E-state index contributed by atoms with van der Waals surface area (Å²) in [5.74, 6) is 0.446. The van der Waals surface area contributed by atoms with Gasteiger partial charge in [-0.05, 0) is 36.0 Å². The first-order valence-corrected chi connectivity index (χ1v) is 11.4. The van der Waals surface area contributed by atoms with Gasteiger partial charge >= 0.3 is 0 Å². The molecule has 2 rings (SSSR count). The van der Waals surface area contributed by atoms with Crippen molar-refractivity contribution < 1.29 is 9.53 Å². The Morgan fingerprint density at radius 1 is 1.27 bits per heavy atom. The van der Waals surface area contributed by atoms with E-state index in [1.807, 2.05) is 6.07 Å². The van der Waals surface area contributed by atoms with Crippen molar-refractivity contribution >= 4 is 8.32 Å². The van der Waals surface area contributed by atoms with Gasteiger partial charge in [-0.25, -0.2) is 0 Å². The third-order valence-electron chi connectivity index (χ3n) is 5.65. The summed E-state index contributed by atoms with van der Waals surface area (Å²) in [4.78, 5) is 0. The molecule has 0 aliphatic heterocycles. The third-order valence-corrected chi connectivity index (χ3v) is 10.1. The van der Waals surface area contributed by atoms with E-state index in [9.17, 15) is 5.11 Å². The van der Waals surface area contributed by atoms with Crippen LogP contribution in [0.4, 0.5) is 0 Å². The van der Waals surface area contributed by atoms with Crippen LogP contribution in [0.3, 0.4) is 0 Å². The Morgan fingerprint density at radius 2 is 1.86 bits per heavy atom. The zero-order valence-corrected chi connectivity index (χ0v) is 16.0. The Labute approximate surface area is 137 Å². The largest absolute Gasteiger partial charge is 0.410 e. The van der Waals surface area contributed by atoms with Gasteiger partial charge in [-0.3, -0.25) is 0 Å². The van der Waals surface area contributed by atoms with Crippen molar-refractivity contribution in [1.29, 1.82) is 0 Å². The molecule has 0 unspecified atom stereocenters. The van der Waals surface area contributed by atoms with Gasteiger partial charge in [0.1, 0.15) is 0 Å². The maximum atomic E-state index is 10.8. The van der Waals surface area contributed by atoms with Gasteiger partial charge in [0.25, 0.3) is 0 Å². The summed E-state index contributed by atoms with van der Waals surface area (Å²) in [6, 6.07) is 10.4. The lowest BCUT2D eigenvalue weighted by Crippen LogP contribution is -2.42. The highest BCUT2D eigenvalue weighted by Crippen LogP contribution is 2.52. The molecular weight excluding hydrogens is 288 g/mol. The van der Waals surface area contributed by atoms with Crippen LogP contribution < -0.4 is 0 Å². The van der Waals surface area contributed by atoms with Crippen LogP contribution in [0.5, 0.6) is 0 Å². The quantitative estimate of drug-likeness (QED) is 0.721. The van der Waals surface area contributed by atoms with Crippen LogP contribution in [0.1, 0.15) is 58.6 Å². The normalized spacial score (nSPS) is 26.8. The molecule has 0 bridgehead atoms. The van der Waals surface area contributed by atoms with E-state index in [0.29, 0.717) is 5.92 Å². The molecule has 0 aromatic heterocycles. The summed E-state index contributed by atoms with van der Waals surface area (Å²) in [6.07, 6.45) is 2.71. The minimum absolute atomic E-state index is 0.00337. The van der Waals surface area contributed by atoms with Crippen LogP contribution in [0.2, 0.25) is 18.1 Å². The van der Waals surface area contributed by atoms with Crippen molar-refractivity contribution in [1.82, 2.24) is 0 Å². The summed E-state index contributed by atoms with van der Waals surface area (Å²) in [5, 5.41) is 10.9. The van der Waals surface area contributed by atoms with E-state index in [2.05, 4.69) is 65.1 Å². The molecule has 1 N–H and O–H groups in total. The Hall–Kier alpha value is -0.643. The molecule has 0 saturated heterocycles. The maximum absolute atomic E-state index is 10.8. The molecule has 1 aliphatic rings. The van der Waals surface area contributed by atoms with Gasteiger partial charge < -0.3 is 9.53 Å². The lowest BCUT2D eigenvalue weighted by molar-refractivity contribution is 0.0574. The van der Waals surface area contributed by atoms with Crippen LogP contribution in [0.15, 0.2) is 30.3 Å². The van der Waals surface area contributed by atoms with Crippen LogP contribution in [0, 0.1) is 5.92 Å². The lowest BCUT2D eigenvalue weighted by atomic mass is 10.0. The van der Waals surface area contributed by atoms with Crippen LogP contribution >= 0.6 is 0 Å². The molecule has 1 aliphatic carbocycles. The molecule has 0 radical (unpaired) electrons. The van der Waals surface area contributed by atoms with E-state index in [1.165, 1.54) is 5.56 Å². The number of aliphatic hydroxyl groups is 1. The summed E-state index contributed by atoms with van der Waals surface area (Å²) in [7, 11) is -1.87. The maximum Gasteiger partial charge on any atom is 0.192 e. The van der Waals surface area contributed by atoms with Crippen LogP contribution in [-0.4, -0.2) is 19.0 Å². The standard InChI is InChI=1S/C19H32O2Si/c1-7-16-13-19(16,20)14-17(15-11-9-8-10-12-15)21-22(5,6)18(2,3)4/h8-12,16-17,20H,7,13-14H2,1-6H3/t16-,17-,19+/m1/s1. The Morgan fingerprint density at radius 3 is 2.32 bits per heavy atom. The number of hydrogen-bond acceptors (Lipinski definition) is 2. The number of rotatable bonds is 6. The third kappa shape index (κ3) is 3.81. The lowest BCUT2D eigenvalue weighted by Gasteiger charge is -2.40. The zero-order valence-electron chi connectivity index (χ0n) is 15.0. The van der Waals surface area contributed by atoms with Crippen molar-refractivity contribution in [3.63, 3.8) is 0 Å². The summed E-state index contributed by atoms with van der Waals surface area (Å²) in [5.41, 5.74) is 0.681. The average Bonchev–Trinajstić information content (AvgIpc) is 3.08. The average molecular weight is 321 g/mol. The minimum atomic E-state index is -1.87. The van der Waals surface area contributed by atoms with Crippen molar-refractivity contribution in [2.45, 2.75) is 76.8 Å². The van der Waals surface area contributed by atoms with E-state index in [1.54, 1.807) is 0 Å². The second-order valence-corrected chi connectivity index (χ2v) is 13.2. The fraction of sp³-hybridized carbons (Fsp3) is 0.684.